The maximum Gasteiger partial charge on any atom is 0.357 e. The lowest BCUT2D eigenvalue weighted by Crippen LogP contribution is -2.44. The molecule has 0 atom stereocenters. The van der Waals surface area contributed by atoms with Gasteiger partial charge in [-0.25, -0.2) is 4.79 Å². The van der Waals surface area contributed by atoms with E-state index >= 15 is 0 Å². The summed E-state index contributed by atoms with van der Waals surface area (Å²) in [5.74, 6) is -0.320. The van der Waals surface area contributed by atoms with Crippen LogP contribution in [-0.2, 0) is 4.84 Å². The number of hydrogen-bond donors (Lipinski definition) is 1. The minimum Gasteiger partial charge on any atom is -0.364 e. The van der Waals surface area contributed by atoms with Crippen molar-refractivity contribution >= 4 is 5.97 Å². The van der Waals surface area contributed by atoms with E-state index in [-0.39, 0.29) is 5.97 Å². The number of nitrogens with one attached hydrogen (secondary N) is 1. The van der Waals surface area contributed by atoms with E-state index in [4.69, 9.17) is 4.84 Å². The summed E-state index contributed by atoms with van der Waals surface area (Å²) in [4.78, 5) is 20.6. The Kier molecular flexibility index (Phi) is 3.26. The molecular weight excluding hydrogens is 194 g/mol. The molecule has 1 aromatic heterocycles. The van der Waals surface area contributed by atoms with E-state index in [0.29, 0.717) is 5.56 Å². The lowest BCUT2D eigenvalue weighted by molar-refractivity contribution is -0.115. The Morgan fingerprint density at radius 1 is 1.33 bits per heavy atom. The normalized spacial score (nSPS) is 17.3. The summed E-state index contributed by atoms with van der Waals surface area (Å²) in [6, 6.07) is 3.29. The minimum absolute atomic E-state index is 0.320. The van der Waals surface area contributed by atoms with Crippen molar-refractivity contribution in [1.29, 1.82) is 0 Å². The van der Waals surface area contributed by atoms with Gasteiger partial charge in [0.15, 0.2) is 0 Å². The SMILES string of the molecule is O=C(ON1CCNCC1)c1ccncc1. The van der Waals surface area contributed by atoms with E-state index in [1.165, 1.54) is 0 Å². The highest BCUT2D eigenvalue weighted by molar-refractivity contribution is 5.88. The number of aromatic nitrogens is 1. The highest BCUT2D eigenvalue weighted by Crippen LogP contribution is 2.02. The molecule has 2 rings (SSSR count). The molecule has 0 aliphatic carbocycles. The monoisotopic (exact) mass is 207 g/mol. The predicted octanol–water partition coefficient (Wildman–Crippen LogP) is 0.0586. The second-order valence-electron chi connectivity index (χ2n) is 3.29. The number of hydrogen-bond acceptors (Lipinski definition) is 5. The molecule has 0 unspecified atom stereocenters. The van der Waals surface area contributed by atoms with Crippen molar-refractivity contribution in [3.8, 4) is 0 Å². The van der Waals surface area contributed by atoms with Crippen molar-refractivity contribution < 1.29 is 9.63 Å². The minimum atomic E-state index is -0.320. The topological polar surface area (TPSA) is 54.5 Å². The van der Waals surface area contributed by atoms with E-state index in [1.807, 2.05) is 0 Å². The molecule has 5 heteroatoms. The van der Waals surface area contributed by atoms with Crippen molar-refractivity contribution in [1.82, 2.24) is 15.4 Å². The first kappa shape index (κ1) is 10.1. The Bertz CT molecular complexity index is 323. The molecule has 0 amide bonds. The summed E-state index contributed by atoms with van der Waals surface area (Å²) in [5.41, 5.74) is 0.531. The average Bonchev–Trinajstić information content (AvgIpc) is 2.31. The fourth-order valence-corrected chi connectivity index (χ4v) is 1.39. The van der Waals surface area contributed by atoms with Crippen LogP contribution in [0.3, 0.4) is 0 Å². The van der Waals surface area contributed by atoms with E-state index < -0.39 is 0 Å². The fourth-order valence-electron chi connectivity index (χ4n) is 1.39. The van der Waals surface area contributed by atoms with Gasteiger partial charge in [-0.05, 0) is 12.1 Å². The summed E-state index contributed by atoms with van der Waals surface area (Å²) >= 11 is 0. The first-order valence-corrected chi connectivity index (χ1v) is 4.94. The average molecular weight is 207 g/mol. The van der Waals surface area contributed by atoms with E-state index in [2.05, 4.69) is 10.3 Å². The molecule has 1 aliphatic heterocycles. The zero-order valence-corrected chi connectivity index (χ0v) is 8.35. The Labute approximate surface area is 88.0 Å². The lowest BCUT2D eigenvalue weighted by Gasteiger charge is -2.25. The Hall–Kier alpha value is -1.46. The van der Waals surface area contributed by atoms with Crippen LogP contribution in [0.25, 0.3) is 0 Å². The van der Waals surface area contributed by atoms with Crippen LogP contribution in [0.5, 0.6) is 0 Å². The molecule has 5 nitrogen and oxygen atoms in total. The summed E-state index contributed by atoms with van der Waals surface area (Å²) in [6.07, 6.45) is 3.16. The molecule has 15 heavy (non-hydrogen) atoms. The fraction of sp³-hybridized carbons (Fsp3) is 0.400. The van der Waals surface area contributed by atoms with Gasteiger partial charge in [-0.3, -0.25) is 4.98 Å². The van der Waals surface area contributed by atoms with Gasteiger partial charge in [0.25, 0.3) is 0 Å². The number of rotatable bonds is 2. The molecule has 2 heterocycles. The zero-order chi connectivity index (χ0) is 10.5. The molecule has 1 aromatic rings. The number of piperazine rings is 1. The molecular formula is C10H13N3O2. The maximum absolute atomic E-state index is 11.6. The van der Waals surface area contributed by atoms with Crippen molar-refractivity contribution in [2.45, 2.75) is 0 Å². The molecule has 1 fully saturated rings. The lowest BCUT2D eigenvalue weighted by atomic mass is 10.3. The summed E-state index contributed by atoms with van der Waals surface area (Å²) < 4.78 is 0. The largest absolute Gasteiger partial charge is 0.364 e. The molecule has 1 N–H and O–H groups in total. The molecule has 1 saturated heterocycles. The van der Waals surface area contributed by atoms with Crippen molar-refractivity contribution in [3.05, 3.63) is 30.1 Å². The third kappa shape index (κ3) is 2.74. The number of nitrogens with zero attached hydrogens (tertiary/aromatic N) is 2. The molecule has 0 aromatic carbocycles. The van der Waals surface area contributed by atoms with Crippen LogP contribution in [0, 0.1) is 0 Å². The second kappa shape index (κ2) is 4.86. The van der Waals surface area contributed by atoms with Gasteiger partial charge in [0.1, 0.15) is 0 Å². The quantitative estimate of drug-likeness (QED) is 0.743. The van der Waals surface area contributed by atoms with Crippen LogP contribution in [-0.4, -0.2) is 42.2 Å². The Balaban J connectivity index is 1.91. The summed E-state index contributed by atoms with van der Waals surface area (Å²) in [7, 11) is 0. The Morgan fingerprint density at radius 2 is 2.00 bits per heavy atom. The third-order valence-corrected chi connectivity index (χ3v) is 2.20. The summed E-state index contributed by atoms with van der Waals surface area (Å²) in [5, 5.41) is 4.86. The second-order valence-corrected chi connectivity index (χ2v) is 3.29. The van der Waals surface area contributed by atoms with Crippen LogP contribution in [0.1, 0.15) is 10.4 Å². The van der Waals surface area contributed by atoms with Gasteiger partial charge in [-0.2, -0.15) is 0 Å². The van der Waals surface area contributed by atoms with Crippen molar-refractivity contribution in [2.24, 2.45) is 0 Å². The van der Waals surface area contributed by atoms with Crippen molar-refractivity contribution in [2.75, 3.05) is 26.2 Å². The van der Waals surface area contributed by atoms with E-state index in [1.54, 1.807) is 29.6 Å². The van der Waals surface area contributed by atoms with Gasteiger partial charge in [-0.1, -0.05) is 0 Å². The Morgan fingerprint density at radius 3 is 2.67 bits per heavy atom. The van der Waals surface area contributed by atoms with Crippen LogP contribution in [0.4, 0.5) is 0 Å². The number of carbonyl (C=O) groups excluding carboxylic acids is 1. The highest BCUT2D eigenvalue weighted by atomic mass is 16.7. The first-order chi connectivity index (χ1) is 7.36. The standard InChI is InChI=1S/C10H13N3O2/c14-10(9-1-3-11-4-2-9)15-13-7-5-12-6-8-13/h1-4,12H,5-8H2. The number of hydroxylamine groups is 2. The molecule has 0 saturated carbocycles. The van der Waals surface area contributed by atoms with Gasteiger partial charge < -0.3 is 10.2 Å². The van der Waals surface area contributed by atoms with Crippen LogP contribution in [0.2, 0.25) is 0 Å². The van der Waals surface area contributed by atoms with Gasteiger partial charge in [0.2, 0.25) is 0 Å². The number of pyridine rings is 1. The first-order valence-electron chi connectivity index (χ1n) is 4.94. The number of carbonyl (C=O) groups is 1. The van der Waals surface area contributed by atoms with Gasteiger partial charge >= 0.3 is 5.97 Å². The molecule has 1 aliphatic rings. The smallest absolute Gasteiger partial charge is 0.357 e. The van der Waals surface area contributed by atoms with Crippen molar-refractivity contribution in [3.63, 3.8) is 0 Å². The summed E-state index contributed by atoms with van der Waals surface area (Å²) in [6.45, 7) is 3.17. The van der Waals surface area contributed by atoms with E-state index in [9.17, 15) is 4.79 Å². The zero-order valence-electron chi connectivity index (χ0n) is 8.35. The van der Waals surface area contributed by atoms with Gasteiger partial charge in [0, 0.05) is 38.6 Å². The molecule has 0 spiro atoms. The van der Waals surface area contributed by atoms with Gasteiger partial charge in [-0.15, -0.1) is 5.06 Å². The molecule has 0 radical (unpaired) electrons. The van der Waals surface area contributed by atoms with Crippen LogP contribution in [0.15, 0.2) is 24.5 Å². The van der Waals surface area contributed by atoms with Crippen LogP contribution < -0.4 is 5.32 Å². The highest BCUT2D eigenvalue weighted by Gasteiger charge is 2.15. The van der Waals surface area contributed by atoms with E-state index in [0.717, 1.165) is 26.2 Å². The molecule has 80 valence electrons. The third-order valence-electron chi connectivity index (χ3n) is 2.20. The molecule has 0 bridgehead atoms. The van der Waals surface area contributed by atoms with Gasteiger partial charge in [0.05, 0.1) is 5.56 Å². The van der Waals surface area contributed by atoms with Crippen LogP contribution >= 0.6 is 0 Å². The predicted molar refractivity (Wildman–Crippen MR) is 54.1 cm³/mol. The maximum atomic E-state index is 11.6.